The highest BCUT2D eigenvalue weighted by atomic mass is 16.6. The molecule has 0 radical (unpaired) electrons. The highest BCUT2D eigenvalue weighted by Gasteiger charge is 2.45. The molecule has 0 aromatic rings. The zero-order valence-corrected chi connectivity index (χ0v) is 7.61. The van der Waals surface area contributed by atoms with Crippen LogP contribution in [0.2, 0.25) is 0 Å². The largest absolute Gasteiger partial charge is 0.382 e. The van der Waals surface area contributed by atoms with Crippen LogP contribution in [0, 0.1) is 10.1 Å². The number of nitro groups is 1. The Bertz CT molecular complexity index is 217. The molecule has 1 aliphatic rings. The second kappa shape index (κ2) is 3.87. The molecule has 1 fully saturated rings. The van der Waals surface area contributed by atoms with Crippen molar-refractivity contribution in [2.75, 3.05) is 0 Å². The predicted molar refractivity (Wildman–Crippen MR) is 49.0 cm³/mol. The second-order valence-corrected chi connectivity index (χ2v) is 3.64. The molecule has 1 N–H and O–H groups in total. The van der Waals surface area contributed by atoms with Gasteiger partial charge >= 0.3 is 0 Å². The van der Waals surface area contributed by atoms with E-state index in [1.807, 2.05) is 0 Å². The van der Waals surface area contributed by atoms with Crippen molar-refractivity contribution < 1.29 is 10.0 Å². The number of hydrogen-bond acceptors (Lipinski definition) is 3. The van der Waals surface area contributed by atoms with E-state index in [9.17, 15) is 15.2 Å². The lowest BCUT2D eigenvalue weighted by Gasteiger charge is -2.33. The molecular formula is C9H15NO3. The Morgan fingerprint density at radius 1 is 1.69 bits per heavy atom. The summed E-state index contributed by atoms with van der Waals surface area (Å²) in [5, 5.41) is 20.6. The average molecular weight is 185 g/mol. The van der Waals surface area contributed by atoms with Gasteiger partial charge in [0, 0.05) is 17.8 Å². The van der Waals surface area contributed by atoms with Crippen molar-refractivity contribution in [3.05, 3.63) is 22.8 Å². The summed E-state index contributed by atoms with van der Waals surface area (Å²) in [6, 6.07) is -0.806. The topological polar surface area (TPSA) is 63.4 Å². The molecule has 1 saturated carbocycles. The van der Waals surface area contributed by atoms with E-state index in [-0.39, 0.29) is 4.92 Å². The number of hydrogen-bond donors (Lipinski definition) is 1. The van der Waals surface area contributed by atoms with Crippen LogP contribution in [0.5, 0.6) is 0 Å². The standard InChI is InChI=1S/C9H15NO3/c1-2-6-9(11)7-4-3-5-8(9)10(12)13/h2,8,11H,1,3-7H2/t8-,9+/m1/s1. The minimum Gasteiger partial charge on any atom is -0.382 e. The van der Waals surface area contributed by atoms with Crippen LogP contribution in [0.15, 0.2) is 12.7 Å². The highest BCUT2D eigenvalue weighted by molar-refractivity contribution is 4.95. The van der Waals surface area contributed by atoms with Gasteiger partial charge in [-0.2, -0.15) is 0 Å². The fourth-order valence-corrected chi connectivity index (χ4v) is 1.99. The van der Waals surface area contributed by atoms with E-state index < -0.39 is 11.6 Å². The van der Waals surface area contributed by atoms with E-state index in [2.05, 4.69) is 6.58 Å². The SMILES string of the molecule is C=CC[C@]1(O)CCCC[C@H]1[N+](=O)[O-]. The first kappa shape index (κ1) is 10.2. The Morgan fingerprint density at radius 2 is 2.38 bits per heavy atom. The molecule has 1 aliphatic carbocycles. The van der Waals surface area contributed by atoms with E-state index in [1.54, 1.807) is 6.08 Å². The summed E-state index contributed by atoms with van der Waals surface area (Å²) in [5.41, 5.74) is -1.15. The van der Waals surface area contributed by atoms with E-state index in [4.69, 9.17) is 0 Å². The van der Waals surface area contributed by atoms with Gasteiger partial charge in [-0.05, 0) is 12.8 Å². The van der Waals surface area contributed by atoms with Crippen LogP contribution in [-0.4, -0.2) is 21.7 Å². The average Bonchev–Trinajstić information content (AvgIpc) is 2.04. The summed E-state index contributed by atoms with van der Waals surface area (Å²) in [7, 11) is 0. The van der Waals surface area contributed by atoms with Crippen LogP contribution < -0.4 is 0 Å². The van der Waals surface area contributed by atoms with Gasteiger partial charge in [0.15, 0.2) is 0 Å². The molecule has 0 aromatic heterocycles. The molecule has 2 atom stereocenters. The molecule has 0 unspecified atom stereocenters. The van der Waals surface area contributed by atoms with Gasteiger partial charge in [0.25, 0.3) is 0 Å². The Labute approximate surface area is 77.4 Å². The molecule has 0 heterocycles. The highest BCUT2D eigenvalue weighted by Crippen LogP contribution is 2.33. The maximum atomic E-state index is 10.7. The van der Waals surface area contributed by atoms with Crippen LogP contribution in [0.1, 0.15) is 32.1 Å². The third-order valence-corrected chi connectivity index (χ3v) is 2.71. The summed E-state index contributed by atoms with van der Waals surface area (Å²) in [5.74, 6) is 0. The lowest BCUT2D eigenvalue weighted by atomic mass is 9.78. The first-order chi connectivity index (χ1) is 6.10. The molecule has 13 heavy (non-hydrogen) atoms. The first-order valence-corrected chi connectivity index (χ1v) is 4.57. The van der Waals surface area contributed by atoms with Crippen LogP contribution in [0.25, 0.3) is 0 Å². The molecule has 0 saturated heterocycles. The quantitative estimate of drug-likeness (QED) is 0.412. The summed E-state index contributed by atoms with van der Waals surface area (Å²) in [6.45, 7) is 3.51. The van der Waals surface area contributed by atoms with Gasteiger partial charge in [0.1, 0.15) is 5.60 Å². The van der Waals surface area contributed by atoms with Crippen molar-refractivity contribution in [1.82, 2.24) is 0 Å². The van der Waals surface area contributed by atoms with Crippen LogP contribution in [-0.2, 0) is 0 Å². The Kier molecular flexibility index (Phi) is 3.03. The Morgan fingerprint density at radius 3 is 2.92 bits per heavy atom. The fourth-order valence-electron chi connectivity index (χ4n) is 1.99. The molecule has 4 heteroatoms. The minimum atomic E-state index is -1.15. The van der Waals surface area contributed by atoms with Crippen molar-refractivity contribution in [3.63, 3.8) is 0 Å². The fraction of sp³-hybridized carbons (Fsp3) is 0.778. The second-order valence-electron chi connectivity index (χ2n) is 3.64. The zero-order chi connectivity index (χ0) is 9.90. The van der Waals surface area contributed by atoms with Crippen LogP contribution >= 0.6 is 0 Å². The summed E-state index contributed by atoms with van der Waals surface area (Å²) in [6.07, 6.45) is 4.59. The molecule has 0 bridgehead atoms. The van der Waals surface area contributed by atoms with Gasteiger partial charge in [-0.1, -0.05) is 12.5 Å². The van der Waals surface area contributed by atoms with Crippen molar-refractivity contribution in [2.45, 2.75) is 43.7 Å². The molecule has 4 nitrogen and oxygen atoms in total. The number of aliphatic hydroxyl groups is 1. The van der Waals surface area contributed by atoms with Gasteiger partial charge in [-0.25, -0.2) is 0 Å². The Hall–Kier alpha value is -0.900. The monoisotopic (exact) mass is 185 g/mol. The van der Waals surface area contributed by atoms with E-state index in [1.165, 1.54) is 0 Å². The summed E-state index contributed by atoms with van der Waals surface area (Å²) in [4.78, 5) is 10.3. The maximum absolute atomic E-state index is 10.7. The van der Waals surface area contributed by atoms with Crippen molar-refractivity contribution in [2.24, 2.45) is 0 Å². The van der Waals surface area contributed by atoms with Gasteiger partial charge in [-0.3, -0.25) is 10.1 Å². The Balaban J connectivity index is 2.76. The van der Waals surface area contributed by atoms with Crippen molar-refractivity contribution in [1.29, 1.82) is 0 Å². The van der Waals surface area contributed by atoms with Crippen molar-refractivity contribution in [3.8, 4) is 0 Å². The van der Waals surface area contributed by atoms with Gasteiger partial charge in [0.2, 0.25) is 6.04 Å². The van der Waals surface area contributed by atoms with E-state index in [0.29, 0.717) is 19.3 Å². The lowest BCUT2D eigenvalue weighted by Crippen LogP contribution is -2.48. The van der Waals surface area contributed by atoms with Gasteiger partial charge < -0.3 is 5.11 Å². The predicted octanol–water partition coefficient (Wildman–Crippen LogP) is 1.51. The molecule has 0 aromatic carbocycles. The molecule has 74 valence electrons. The smallest absolute Gasteiger partial charge is 0.241 e. The zero-order valence-electron chi connectivity index (χ0n) is 7.61. The maximum Gasteiger partial charge on any atom is 0.241 e. The molecular weight excluding hydrogens is 170 g/mol. The molecule has 0 spiro atoms. The van der Waals surface area contributed by atoms with Gasteiger partial charge in [-0.15, -0.1) is 6.58 Å². The molecule has 0 amide bonds. The van der Waals surface area contributed by atoms with Crippen molar-refractivity contribution >= 4 is 0 Å². The molecule has 1 rings (SSSR count). The summed E-state index contributed by atoms with van der Waals surface area (Å²) >= 11 is 0. The minimum absolute atomic E-state index is 0.318. The number of nitrogens with zero attached hydrogens (tertiary/aromatic N) is 1. The summed E-state index contributed by atoms with van der Waals surface area (Å²) < 4.78 is 0. The normalized spacial score (nSPS) is 34.1. The number of rotatable bonds is 3. The van der Waals surface area contributed by atoms with E-state index >= 15 is 0 Å². The van der Waals surface area contributed by atoms with E-state index in [0.717, 1.165) is 12.8 Å². The lowest BCUT2D eigenvalue weighted by molar-refractivity contribution is -0.549. The molecule has 0 aliphatic heterocycles. The third kappa shape index (κ3) is 2.06. The van der Waals surface area contributed by atoms with Crippen LogP contribution in [0.3, 0.4) is 0 Å². The van der Waals surface area contributed by atoms with Crippen LogP contribution in [0.4, 0.5) is 0 Å². The van der Waals surface area contributed by atoms with Gasteiger partial charge in [0.05, 0.1) is 0 Å². The first-order valence-electron chi connectivity index (χ1n) is 4.57. The third-order valence-electron chi connectivity index (χ3n) is 2.71.